The molecule has 0 N–H and O–H groups in total. The molecule has 0 aliphatic rings. The molecule has 0 spiro atoms. The van der Waals surface area contributed by atoms with Crippen molar-refractivity contribution in [3.05, 3.63) is 47.5 Å². The van der Waals surface area contributed by atoms with Gasteiger partial charge in [-0.3, -0.25) is 0 Å². The Morgan fingerprint density at radius 3 is 1.48 bits per heavy atom. The smallest absolute Gasteiger partial charge is 0.338 e. The first-order valence-electron chi connectivity index (χ1n) is 10.4. The Labute approximate surface area is 206 Å². The fourth-order valence-corrected chi connectivity index (χ4v) is 3.29. The van der Waals surface area contributed by atoms with Gasteiger partial charge in [-0.1, -0.05) is 0 Å². The second-order valence-corrected chi connectivity index (χ2v) is 8.11. The number of hydrogen-bond acceptors (Lipinski definition) is 7. The monoisotopic (exact) mass is 498 g/mol. The lowest BCUT2D eigenvalue weighted by molar-refractivity contribution is 0.0484. The van der Waals surface area contributed by atoms with Crippen molar-refractivity contribution in [2.45, 2.75) is 12.8 Å². The lowest BCUT2D eigenvalue weighted by atomic mass is 10.1. The predicted molar refractivity (Wildman–Crippen MR) is 135 cm³/mol. The highest BCUT2D eigenvalue weighted by atomic mass is 35.5. The summed E-state index contributed by atoms with van der Waals surface area (Å²) in [6.07, 6.45) is 1.55. The van der Waals surface area contributed by atoms with Crippen LogP contribution >= 0.6 is 24.8 Å². The predicted octanol–water partition coefficient (Wildman–Crippen LogP) is 4.65. The Morgan fingerprint density at radius 2 is 1.12 bits per heavy atom. The van der Waals surface area contributed by atoms with Crippen molar-refractivity contribution in [3.8, 4) is 0 Å². The van der Waals surface area contributed by atoms with Crippen molar-refractivity contribution in [2.24, 2.45) is 0 Å². The van der Waals surface area contributed by atoms with Gasteiger partial charge in [0.15, 0.2) is 0 Å². The Morgan fingerprint density at radius 1 is 0.727 bits per heavy atom. The van der Waals surface area contributed by atoms with Crippen LogP contribution in [0.4, 0.5) is 0 Å². The van der Waals surface area contributed by atoms with Gasteiger partial charge in [-0.25, -0.2) is 9.59 Å². The van der Waals surface area contributed by atoms with E-state index < -0.39 is 0 Å². The number of fused-ring (bicyclic) bond motifs is 3. The van der Waals surface area contributed by atoms with E-state index in [2.05, 4.69) is 0 Å². The number of ether oxygens (including phenoxy) is 2. The Hall–Kier alpha value is -2.32. The van der Waals surface area contributed by atoms with E-state index in [1.165, 1.54) is 0 Å². The minimum Gasteiger partial charge on any atom is -0.462 e. The molecule has 0 fully saturated rings. The van der Waals surface area contributed by atoms with E-state index in [4.69, 9.17) is 13.9 Å². The molecular formula is C24H32Cl2N2O5. The van der Waals surface area contributed by atoms with E-state index in [1.54, 1.807) is 36.4 Å². The van der Waals surface area contributed by atoms with Gasteiger partial charge in [0, 0.05) is 23.9 Å². The average Bonchev–Trinajstić information content (AvgIpc) is 3.10. The molecule has 7 nitrogen and oxygen atoms in total. The lowest BCUT2D eigenvalue weighted by Crippen LogP contribution is -2.16. The zero-order chi connectivity index (χ0) is 22.4. The molecule has 3 rings (SSSR count). The van der Waals surface area contributed by atoms with Crippen molar-refractivity contribution in [1.29, 1.82) is 0 Å². The third kappa shape index (κ3) is 7.89. The number of rotatable bonds is 10. The van der Waals surface area contributed by atoms with E-state index in [-0.39, 0.29) is 36.8 Å². The van der Waals surface area contributed by atoms with Crippen molar-refractivity contribution in [1.82, 2.24) is 9.80 Å². The van der Waals surface area contributed by atoms with Crippen LogP contribution in [0.3, 0.4) is 0 Å². The van der Waals surface area contributed by atoms with Gasteiger partial charge in [0.2, 0.25) is 0 Å². The fraction of sp³-hybridized carbons (Fsp3) is 0.417. The van der Waals surface area contributed by atoms with Crippen molar-refractivity contribution in [3.63, 3.8) is 0 Å². The average molecular weight is 499 g/mol. The molecule has 0 aliphatic carbocycles. The summed E-state index contributed by atoms with van der Waals surface area (Å²) in [5.41, 5.74) is 2.21. The summed E-state index contributed by atoms with van der Waals surface area (Å²) in [7, 11) is 7.92. The maximum absolute atomic E-state index is 12.4. The number of furan rings is 1. The van der Waals surface area contributed by atoms with Gasteiger partial charge in [0.05, 0.1) is 24.3 Å². The molecule has 0 saturated heterocycles. The quantitative estimate of drug-likeness (QED) is 0.297. The minimum atomic E-state index is -0.369. The second kappa shape index (κ2) is 13.4. The first-order chi connectivity index (χ1) is 14.8. The number of benzene rings is 2. The molecule has 3 aromatic rings. The minimum absolute atomic E-state index is 0. The molecule has 0 saturated carbocycles. The summed E-state index contributed by atoms with van der Waals surface area (Å²) in [6.45, 7) is 2.44. The number of nitrogens with zero attached hydrogens (tertiary/aromatic N) is 2. The summed E-state index contributed by atoms with van der Waals surface area (Å²) < 4.78 is 16.6. The summed E-state index contributed by atoms with van der Waals surface area (Å²) in [5, 5.41) is 1.53. The topological polar surface area (TPSA) is 72.2 Å². The van der Waals surface area contributed by atoms with Crippen molar-refractivity contribution < 1.29 is 23.5 Å². The molecule has 0 aliphatic heterocycles. The van der Waals surface area contributed by atoms with E-state index in [1.807, 2.05) is 38.0 Å². The van der Waals surface area contributed by atoms with Gasteiger partial charge in [0.25, 0.3) is 0 Å². The van der Waals surface area contributed by atoms with Gasteiger partial charge in [0.1, 0.15) is 11.2 Å². The molecule has 0 amide bonds. The van der Waals surface area contributed by atoms with Crippen LogP contribution in [0.5, 0.6) is 0 Å². The van der Waals surface area contributed by atoms with E-state index in [9.17, 15) is 9.59 Å². The molecule has 0 bridgehead atoms. The molecule has 182 valence electrons. The van der Waals surface area contributed by atoms with Gasteiger partial charge >= 0.3 is 11.9 Å². The Bertz CT molecular complexity index is 983. The number of esters is 2. The number of hydrogen-bond donors (Lipinski definition) is 0. The third-order valence-electron chi connectivity index (χ3n) is 4.91. The maximum atomic E-state index is 12.4. The molecule has 9 heteroatoms. The van der Waals surface area contributed by atoms with Gasteiger partial charge in [-0.2, -0.15) is 0 Å². The number of carbonyl (C=O) groups excluding carboxylic acids is 2. The van der Waals surface area contributed by atoms with Crippen molar-refractivity contribution >= 4 is 58.7 Å². The third-order valence-corrected chi connectivity index (χ3v) is 4.91. The van der Waals surface area contributed by atoms with Gasteiger partial charge in [-0.05, 0) is 77.4 Å². The van der Waals surface area contributed by atoms with E-state index in [0.29, 0.717) is 35.5 Å². The zero-order valence-corrected chi connectivity index (χ0v) is 21.1. The van der Waals surface area contributed by atoms with Crippen LogP contribution in [-0.2, 0) is 9.47 Å². The van der Waals surface area contributed by atoms with Crippen LogP contribution in [0.1, 0.15) is 33.6 Å². The first-order valence-corrected chi connectivity index (χ1v) is 10.4. The van der Waals surface area contributed by atoms with Crippen LogP contribution in [0.25, 0.3) is 21.9 Å². The molecule has 2 aromatic carbocycles. The van der Waals surface area contributed by atoms with Crippen LogP contribution < -0.4 is 0 Å². The summed E-state index contributed by atoms with van der Waals surface area (Å²) in [6, 6.07) is 10.4. The highest BCUT2D eigenvalue weighted by Gasteiger charge is 2.15. The molecule has 0 radical (unpaired) electrons. The highest BCUT2D eigenvalue weighted by Crippen LogP contribution is 2.30. The Balaban J connectivity index is 0.00000272. The molecule has 1 aromatic heterocycles. The van der Waals surface area contributed by atoms with Crippen LogP contribution in [-0.4, -0.2) is 76.2 Å². The standard InChI is InChI=1S/C24H30N2O5.2ClH/c1-25(2)11-5-13-29-23(27)17-7-9-21-19(15-17)20-16-18(8-10-22(20)31-21)24(28)30-14-6-12-26(3)4;;/h7-10,15-16H,5-6,11-14H2,1-4H3;2*1H. The fourth-order valence-electron chi connectivity index (χ4n) is 3.29. The van der Waals surface area contributed by atoms with E-state index in [0.717, 1.165) is 36.7 Å². The van der Waals surface area contributed by atoms with Gasteiger partial charge in [-0.15, -0.1) is 24.8 Å². The molecule has 0 atom stereocenters. The molecular weight excluding hydrogens is 467 g/mol. The maximum Gasteiger partial charge on any atom is 0.338 e. The largest absolute Gasteiger partial charge is 0.462 e. The second-order valence-electron chi connectivity index (χ2n) is 8.11. The lowest BCUT2D eigenvalue weighted by Gasteiger charge is -2.09. The van der Waals surface area contributed by atoms with E-state index >= 15 is 0 Å². The molecule has 0 unspecified atom stereocenters. The number of halogens is 2. The zero-order valence-electron chi connectivity index (χ0n) is 19.5. The Kier molecular flexibility index (Phi) is 11.7. The first kappa shape index (κ1) is 28.7. The SMILES string of the molecule is CN(C)CCCOC(=O)c1ccc2oc3ccc(C(=O)OCCCN(C)C)cc3c2c1.Cl.Cl. The normalized spacial score (nSPS) is 10.8. The summed E-state index contributed by atoms with van der Waals surface area (Å²) >= 11 is 0. The van der Waals surface area contributed by atoms with Gasteiger partial charge < -0.3 is 23.7 Å². The summed E-state index contributed by atoms with van der Waals surface area (Å²) in [4.78, 5) is 28.9. The highest BCUT2D eigenvalue weighted by molar-refractivity contribution is 6.09. The van der Waals surface area contributed by atoms with Crippen LogP contribution in [0, 0.1) is 0 Å². The molecule has 1 heterocycles. The number of carbonyl (C=O) groups is 2. The van der Waals surface area contributed by atoms with Crippen LogP contribution in [0.2, 0.25) is 0 Å². The molecule has 33 heavy (non-hydrogen) atoms. The summed E-state index contributed by atoms with van der Waals surface area (Å²) in [5.74, 6) is -0.738. The van der Waals surface area contributed by atoms with Crippen LogP contribution in [0.15, 0.2) is 40.8 Å². The van der Waals surface area contributed by atoms with Crippen molar-refractivity contribution in [2.75, 3.05) is 54.5 Å².